The molecule has 1 N–H and O–H groups in total. The van der Waals surface area contributed by atoms with Crippen LogP contribution >= 0.6 is 0 Å². The number of hydrogen-bond donors (Lipinski definition) is 1. The van der Waals surface area contributed by atoms with E-state index < -0.39 is 23.8 Å². The first-order chi connectivity index (χ1) is 17.0. The summed E-state index contributed by atoms with van der Waals surface area (Å²) in [5, 5.41) is 2.78. The molecule has 10 heteroatoms. The van der Waals surface area contributed by atoms with Gasteiger partial charge in [0.25, 0.3) is 0 Å². The average molecular weight is 485 g/mol. The quantitative estimate of drug-likeness (QED) is 0.497. The van der Waals surface area contributed by atoms with Gasteiger partial charge in [0.2, 0.25) is 11.9 Å². The van der Waals surface area contributed by atoms with Crippen molar-refractivity contribution < 1.29 is 28.2 Å². The lowest BCUT2D eigenvalue weighted by Crippen LogP contribution is -2.57. The summed E-state index contributed by atoms with van der Waals surface area (Å²) in [6, 6.07) is 11.0. The highest BCUT2D eigenvalue weighted by atomic mass is 19.1. The van der Waals surface area contributed by atoms with Crippen molar-refractivity contribution >= 4 is 23.5 Å². The SMILES string of the molecule is CCOC(=O)[C@H]1C(=O)NC(N2CCN(c3ccccc3F)CC2)=N[C@@H]1c1ccc(OC)cc1OC. The Morgan fingerprint density at radius 1 is 1.09 bits per heavy atom. The standard InChI is InChI=1S/C25H29FN4O5/c1-4-35-24(32)21-22(17-10-9-16(33-2)15-20(17)34-3)27-25(28-23(21)31)30-13-11-29(12-14-30)19-8-6-5-7-18(19)26/h5-10,15,21-22H,4,11-14H2,1-3H3,(H,27,28,31)/t21-,22-/m1/s1. The zero-order valence-electron chi connectivity index (χ0n) is 20.0. The summed E-state index contributed by atoms with van der Waals surface area (Å²) < 4.78 is 30.2. The number of halogens is 1. The van der Waals surface area contributed by atoms with Gasteiger partial charge in [0.1, 0.15) is 23.4 Å². The Kier molecular flexibility index (Phi) is 7.38. The number of aliphatic imine (C=N–C) groups is 1. The zero-order chi connectivity index (χ0) is 24.9. The lowest BCUT2D eigenvalue weighted by atomic mass is 9.90. The first-order valence-electron chi connectivity index (χ1n) is 11.5. The average Bonchev–Trinajstić information content (AvgIpc) is 2.88. The molecule has 4 rings (SSSR count). The van der Waals surface area contributed by atoms with E-state index >= 15 is 0 Å². The monoisotopic (exact) mass is 484 g/mol. The van der Waals surface area contributed by atoms with E-state index in [1.54, 1.807) is 50.4 Å². The summed E-state index contributed by atoms with van der Waals surface area (Å²) in [5.74, 6) is -1.19. The van der Waals surface area contributed by atoms with Gasteiger partial charge in [-0.15, -0.1) is 0 Å². The molecule has 1 amide bonds. The molecule has 0 unspecified atom stereocenters. The fourth-order valence-electron chi connectivity index (χ4n) is 4.38. The molecule has 186 valence electrons. The number of esters is 1. The second-order valence-corrected chi connectivity index (χ2v) is 8.15. The molecule has 2 heterocycles. The minimum absolute atomic E-state index is 0.143. The number of anilines is 1. The predicted molar refractivity (Wildman–Crippen MR) is 128 cm³/mol. The molecular weight excluding hydrogens is 455 g/mol. The minimum atomic E-state index is -1.17. The number of carbonyl (C=O) groups is 2. The fraction of sp³-hybridized carbons (Fsp3) is 0.400. The fourth-order valence-corrected chi connectivity index (χ4v) is 4.38. The van der Waals surface area contributed by atoms with Crippen molar-refractivity contribution in [2.45, 2.75) is 13.0 Å². The first-order valence-corrected chi connectivity index (χ1v) is 11.5. The number of para-hydroxylation sites is 1. The van der Waals surface area contributed by atoms with Crippen LogP contribution in [0, 0.1) is 11.7 Å². The topological polar surface area (TPSA) is 92.7 Å². The van der Waals surface area contributed by atoms with Gasteiger partial charge in [0.05, 0.1) is 26.5 Å². The second-order valence-electron chi connectivity index (χ2n) is 8.15. The molecule has 0 aromatic heterocycles. The van der Waals surface area contributed by atoms with Crippen LogP contribution in [0.2, 0.25) is 0 Å². The lowest BCUT2D eigenvalue weighted by Gasteiger charge is -2.39. The molecule has 0 aliphatic carbocycles. The lowest BCUT2D eigenvalue weighted by molar-refractivity contribution is -0.153. The third-order valence-corrected chi connectivity index (χ3v) is 6.17. The normalized spacial score (nSPS) is 20.1. The summed E-state index contributed by atoms with van der Waals surface area (Å²) in [4.78, 5) is 34.6. The Morgan fingerprint density at radius 2 is 1.80 bits per heavy atom. The maximum absolute atomic E-state index is 14.2. The molecular formula is C25H29FN4O5. The highest BCUT2D eigenvalue weighted by Gasteiger charge is 2.43. The Hall–Kier alpha value is -3.82. The third-order valence-electron chi connectivity index (χ3n) is 6.17. The van der Waals surface area contributed by atoms with Gasteiger partial charge in [-0.05, 0) is 31.2 Å². The molecule has 2 aliphatic heterocycles. The van der Waals surface area contributed by atoms with Crippen molar-refractivity contribution in [2.24, 2.45) is 10.9 Å². The maximum Gasteiger partial charge on any atom is 0.321 e. The summed E-state index contributed by atoms with van der Waals surface area (Å²) in [6.07, 6.45) is 0. The van der Waals surface area contributed by atoms with Gasteiger partial charge >= 0.3 is 5.97 Å². The molecule has 0 radical (unpaired) electrons. The molecule has 2 aromatic carbocycles. The number of rotatable bonds is 6. The molecule has 2 aliphatic rings. The van der Waals surface area contributed by atoms with Crippen LogP contribution in [0.5, 0.6) is 11.5 Å². The van der Waals surface area contributed by atoms with Crippen molar-refractivity contribution in [1.29, 1.82) is 0 Å². The number of nitrogens with one attached hydrogen (secondary N) is 1. The molecule has 2 atom stereocenters. The number of amides is 1. The minimum Gasteiger partial charge on any atom is -0.497 e. The Bertz CT molecular complexity index is 1120. The second kappa shape index (κ2) is 10.6. The molecule has 0 bridgehead atoms. The van der Waals surface area contributed by atoms with Gasteiger partial charge in [-0.1, -0.05) is 12.1 Å². The Morgan fingerprint density at radius 3 is 2.46 bits per heavy atom. The van der Waals surface area contributed by atoms with Crippen LogP contribution in [0.25, 0.3) is 0 Å². The summed E-state index contributed by atoms with van der Waals surface area (Å²) >= 11 is 0. The summed E-state index contributed by atoms with van der Waals surface area (Å²) in [6.45, 7) is 3.96. The van der Waals surface area contributed by atoms with Gasteiger partial charge < -0.3 is 24.0 Å². The Balaban J connectivity index is 1.63. The van der Waals surface area contributed by atoms with Crippen molar-refractivity contribution in [3.05, 3.63) is 53.8 Å². The third kappa shape index (κ3) is 5.01. The first kappa shape index (κ1) is 24.3. The van der Waals surface area contributed by atoms with Gasteiger partial charge in [-0.2, -0.15) is 0 Å². The Labute approximate surface area is 203 Å². The number of piperazine rings is 1. The number of methoxy groups -OCH3 is 2. The number of guanidine groups is 1. The van der Waals surface area contributed by atoms with Crippen molar-refractivity contribution in [2.75, 3.05) is 51.9 Å². The van der Waals surface area contributed by atoms with E-state index in [4.69, 9.17) is 19.2 Å². The zero-order valence-corrected chi connectivity index (χ0v) is 20.0. The molecule has 9 nitrogen and oxygen atoms in total. The summed E-state index contributed by atoms with van der Waals surface area (Å²) in [5.41, 5.74) is 1.12. The van der Waals surface area contributed by atoms with Crippen LogP contribution in [-0.2, 0) is 14.3 Å². The van der Waals surface area contributed by atoms with E-state index in [1.807, 2.05) is 9.80 Å². The van der Waals surface area contributed by atoms with Crippen LogP contribution in [0.3, 0.4) is 0 Å². The van der Waals surface area contributed by atoms with Crippen molar-refractivity contribution in [1.82, 2.24) is 10.2 Å². The van der Waals surface area contributed by atoms with E-state index in [2.05, 4.69) is 5.32 Å². The largest absolute Gasteiger partial charge is 0.497 e. The van der Waals surface area contributed by atoms with Crippen molar-refractivity contribution in [3.8, 4) is 11.5 Å². The van der Waals surface area contributed by atoms with E-state index in [0.29, 0.717) is 54.9 Å². The predicted octanol–water partition coefficient (Wildman–Crippen LogP) is 2.37. The van der Waals surface area contributed by atoms with E-state index in [1.165, 1.54) is 13.2 Å². The highest BCUT2D eigenvalue weighted by molar-refractivity contribution is 6.08. The molecule has 2 aromatic rings. The highest BCUT2D eigenvalue weighted by Crippen LogP contribution is 2.38. The van der Waals surface area contributed by atoms with Crippen LogP contribution < -0.4 is 19.7 Å². The van der Waals surface area contributed by atoms with Crippen LogP contribution in [-0.4, -0.2) is 69.7 Å². The van der Waals surface area contributed by atoms with Crippen LogP contribution in [0.15, 0.2) is 47.5 Å². The van der Waals surface area contributed by atoms with Gasteiger partial charge in [0, 0.05) is 37.8 Å². The number of hydrogen-bond acceptors (Lipinski definition) is 8. The number of ether oxygens (including phenoxy) is 3. The number of nitrogens with zero attached hydrogens (tertiary/aromatic N) is 3. The van der Waals surface area contributed by atoms with E-state index in [9.17, 15) is 14.0 Å². The van der Waals surface area contributed by atoms with Crippen molar-refractivity contribution in [3.63, 3.8) is 0 Å². The summed E-state index contributed by atoms with van der Waals surface area (Å²) in [7, 11) is 3.05. The molecule has 1 saturated heterocycles. The number of benzene rings is 2. The molecule has 0 saturated carbocycles. The maximum atomic E-state index is 14.2. The van der Waals surface area contributed by atoms with Gasteiger partial charge in [-0.3, -0.25) is 14.9 Å². The smallest absolute Gasteiger partial charge is 0.321 e. The van der Waals surface area contributed by atoms with Crippen LogP contribution in [0.1, 0.15) is 18.5 Å². The molecule has 0 spiro atoms. The van der Waals surface area contributed by atoms with Gasteiger partial charge in [0.15, 0.2) is 5.92 Å². The molecule has 35 heavy (non-hydrogen) atoms. The number of carbonyl (C=O) groups excluding carboxylic acids is 2. The van der Waals surface area contributed by atoms with Gasteiger partial charge in [-0.25, -0.2) is 9.38 Å². The van der Waals surface area contributed by atoms with Crippen LogP contribution in [0.4, 0.5) is 10.1 Å². The van der Waals surface area contributed by atoms with E-state index in [-0.39, 0.29) is 12.4 Å². The van der Waals surface area contributed by atoms with E-state index in [0.717, 1.165) is 0 Å². The molecule has 1 fully saturated rings.